The lowest BCUT2D eigenvalue weighted by molar-refractivity contribution is 0.336. The van der Waals surface area contributed by atoms with Gasteiger partial charge in [0.05, 0.1) is 27.3 Å². The van der Waals surface area contributed by atoms with Gasteiger partial charge in [-0.25, -0.2) is 4.68 Å². The summed E-state index contributed by atoms with van der Waals surface area (Å²) in [6.07, 6.45) is 1.57. The molecule has 10 heteroatoms. The summed E-state index contributed by atoms with van der Waals surface area (Å²) in [5.74, 6) is 0. The Kier molecular flexibility index (Phi) is 5.57. The molecule has 136 valence electrons. The van der Waals surface area contributed by atoms with Gasteiger partial charge < -0.3 is 5.32 Å². The molecule has 0 spiro atoms. The quantitative estimate of drug-likeness (QED) is 0.627. The van der Waals surface area contributed by atoms with Crippen LogP contribution in [0.15, 0.2) is 44.5 Å². The Hall–Kier alpha value is -1.61. The number of para-hydroxylation sites is 1. The van der Waals surface area contributed by atoms with Crippen LogP contribution in [0.25, 0.3) is 0 Å². The van der Waals surface area contributed by atoms with Crippen LogP contribution in [-0.4, -0.2) is 20.0 Å². The van der Waals surface area contributed by atoms with Crippen LogP contribution in [0.2, 0.25) is 10.0 Å². The van der Waals surface area contributed by atoms with E-state index in [0.717, 1.165) is 5.69 Å². The van der Waals surface area contributed by atoms with Crippen molar-refractivity contribution in [3.8, 4) is 0 Å². The zero-order chi connectivity index (χ0) is 18.9. The highest BCUT2D eigenvalue weighted by molar-refractivity contribution is 8.01. The molecule has 0 bridgehead atoms. The fraction of sp³-hybridized carbons (Fsp3) is 0.250. The van der Waals surface area contributed by atoms with E-state index in [0.29, 0.717) is 19.4 Å². The molecule has 0 atom stereocenters. The summed E-state index contributed by atoms with van der Waals surface area (Å²) in [6.45, 7) is 5.67. The van der Waals surface area contributed by atoms with Crippen molar-refractivity contribution in [3.63, 3.8) is 0 Å². The molecular formula is C16H15Cl2N5OS2. The highest BCUT2D eigenvalue weighted by atomic mass is 35.5. The zero-order valence-electron chi connectivity index (χ0n) is 14.2. The highest BCUT2D eigenvalue weighted by Gasteiger charge is 2.20. The molecule has 0 unspecified atom stereocenters. The first-order valence-corrected chi connectivity index (χ1v) is 9.96. The maximum atomic E-state index is 12.4. The van der Waals surface area contributed by atoms with Gasteiger partial charge in [0.15, 0.2) is 4.34 Å². The van der Waals surface area contributed by atoms with Crippen molar-refractivity contribution in [1.29, 1.82) is 0 Å². The molecular weight excluding hydrogens is 413 g/mol. The van der Waals surface area contributed by atoms with Crippen molar-refractivity contribution < 1.29 is 0 Å². The number of rotatable bonds is 4. The molecule has 0 amide bonds. The largest absolute Gasteiger partial charge is 0.329 e. The molecule has 6 nitrogen and oxygen atoms in total. The summed E-state index contributed by atoms with van der Waals surface area (Å²) in [5.41, 5.74) is -0.0314. The fourth-order valence-corrected chi connectivity index (χ4v) is 4.18. The molecule has 0 aliphatic carbocycles. The highest BCUT2D eigenvalue weighted by Crippen LogP contribution is 2.36. The van der Waals surface area contributed by atoms with E-state index in [1.165, 1.54) is 27.8 Å². The molecule has 3 aromatic rings. The summed E-state index contributed by atoms with van der Waals surface area (Å²) >= 11 is 14.9. The first kappa shape index (κ1) is 19.2. The van der Waals surface area contributed by atoms with Crippen LogP contribution in [0, 0.1) is 0 Å². The van der Waals surface area contributed by atoms with E-state index in [1.54, 1.807) is 12.3 Å². The maximum absolute atomic E-state index is 12.4. The van der Waals surface area contributed by atoms with Gasteiger partial charge in [-0.1, -0.05) is 58.4 Å². The number of hydrogen-bond donors (Lipinski definition) is 1. The molecule has 0 radical (unpaired) electrons. The Bertz CT molecular complexity index is 997. The van der Waals surface area contributed by atoms with Gasteiger partial charge in [0.1, 0.15) is 5.02 Å². The van der Waals surface area contributed by atoms with Crippen LogP contribution in [0.4, 0.5) is 10.8 Å². The third-order valence-electron chi connectivity index (χ3n) is 3.24. The topological polar surface area (TPSA) is 72.7 Å². The average molecular weight is 428 g/mol. The van der Waals surface area contributed by atoms with E-state index in [9.17, 15) is 4.79 Å². The Balaban J connectivity index is 1.81. The standard InChI is InChI=1S/C16H15Cl2N5OS2/c1-16(2,3)23-13(24)12(18)11(8-19-23)25-15-22-21-14(26-15)20-10-7-5-4-6-9(10)17/h4-8H,1-3H3,(H,20,21). The van der Waals surface area contributed by atoms with Gasteiger partial charge in [0.2, 0.25) is 5.13 Å². The summed E-state index contributed by atoms with van der Waals surface area (Å²) in [6, 6.07) is 7.37. The third-order valence-corrected chi connectivity index (χ3v) is 5.97. The smallest absolute Gasteiger partial charge is 0.287 e. The number of anilines is 2. The Morgan fingerprint density at radius 3 is 2.62 bits per heavy atom. The lowest BCUT2D eigenvalue weighted by atomic mass is 10.1. The molecule has 0 fully saturated rings. The molecule has 2 aromatic heterocycles. The third kappa shape index (κ3) is 4.20. The maximum Gasteiger partial charge on any atom is 0.287 e. The van der Waals surface area contributed by atoms with Crippen molar-refractivity contribution in [2.45, 2.75) is 35.5 Å². The van der Waals surface area contributed by atoms with E-state index in [4.69, 9.17) is 23.2 Å². The van der Waals surface area contributed by atoms with Crippen molar-refractivity contribution in [2.24, 2.45) is 0 Å². The van der Waals surface area contributed by atoms with Gasteiger partial charge in [-0.3, -0.25) is 4.79 Å². The van der Waals surface area contributed by atoms with Crippen LogP contribution in [-0.2, 0) is 5.54 Å². The lowest BCUT2D eigenvalue weighted by Crippen LogP contribution is -2.36. The van der Waals surface area contributed by atoms with Crippen LogP contribution in [0.5, 0.6) is 0 Å². The Labute approximate surface area is 168 Å². The predicted octanol–water partition coefficient (Wildman–Crippen LogP) is 5.05. The SMILES string of the molecule is CC(C)(C)n1ncc(Sc2nnc(Nc3ccccc3Cl)s2)c(Cl)c1=O. The van der Waals surface area contributed by atoms with Crippen molar-refractivity contribution >= 4 is 57.1 Å². The summed E-state index contributed by atoms with van der Waals surface area (Å²) in [5, 5.41) is 16.8. The number of benzene rings is 1. The van der Waals surface area contributed by atoms with Gasteiger partial charge in [0, 0.05) is 0 Å². The molecule has 2 heterocycles. The Morgan fingerprint density at radius 2 is 1.92 bits per heavy atom. The van der Waals surface area contributed by atoms with Crippen molar-refractivity contribution in [1.82, 2.24) is 20.0 Å². The molecule has 0 saturated carbocycles. The minimum Gasteiger partial charge on any atom is -0.329 e. The van der Waals surface area contributed by atoms with E-state index in [1.807, 2.05) is 39.0 Å². The van der Waals surface area contributed by atoms with Gasteiger partial charge in [-0.05, 0) is 32.9 Å². The van der Waals surface area contributed by atoms with Crippen molar-refractivity contribution in [3.05, 3.63) is 50.9 Å². The van der Waals surface area contributed by atoms with Gasteiger partial charge in [-0.2, -0.15) is 5.10 Å². The molecule has 0 saturated heterocycles. The number of aromatic nitrogens is 4. The minimum absolute atomic E-state index is 0.121. The summed E-state index contributed by atoms with van der Waals surface area (Å²) < 4.78 is 2.00. The molecule has 3 rings (SSSR count). The second-order valence-electron chi connectivity index (χ2n) is 6.29. The molecule has 1 aromatic carbocycles. The van der Waals surface area contributed by atoms with E-state index in [-0.39, 0.29) is 10.6 Å². The van der Waals surface area contributed by atoms with E-state index in [2.05, 4.69) is 20.6 Å². The molecule has 1 N–H and O–H groups in total. The summed E-state index contributed by atoms with van der Waals surface area (Å²) in [7, 11) is 0. The van der Waals surface area contributed by atoms with Crippen LogP contribution < -0.4 is 10.9 Å². The van der Waals surface area contributed by atoms with Crippen LogP contribution in [0.1, 0.15) is 20.8 Å². The second kappa shape index (κ2) is 7.56. The normalized spacial score (nSPS) is 11.6. The summed E-state index contributed by atoms with van der Waals surface area (Å²) in [4.78, 5) is 12.9. The monoisotopic (exact) mass is 427 g/mol. The minimum atomic E-state index is -0.446. The number of hydrogen-bond acceptors (Lipinski definition) is 7. The second-order valence-corrected chi connectivity index (χ2v) is 9.34. The van der Waals surface area contributed by atoms with Crippen molar-refractivity contribution in [2.75, 3.05) is 5.32 Å². The zero-order valence-corrected chi connectivity index (χ0v) is 17.3. The lowest BCUT2D eigenvalue weighted by Gasteiger charge is -2.20. The fourth-order valence-electron chi connectivity index (χ4n) is 2.04. The number of halogens is 2. The van der Waals surface area contributed by atoms with Gasteiger partial charge >= 0.3 is 0 Å². The van der Waals surface area contributed by atoms with E-state index >= 15 is 0 Å². The molecule has 0 aliphatic heterocycles. The predicted molar refractivity (Wildman–Crippen MR) is 107 cm³/mol. The van der Waals surface area contributed by atoms with E-state index < -0.39 is 5.54 Å². The van der Waals surface area contributed by atoms with Gasteiger partial charge in [-0.15, -0.1) is 10.2 Å². The van der Waals surface area contributed by atoms with Gasteiger partial charge in [0.25, 0.3) is 5.56 Å². The Morgan fingerprint density at radius 1 is 1.19 bits per heavy atom. The number of nitrogens with one attached hydrogen (secondary N) is 1. The molecule has 0 aliphatic rings. The number of nitrogens with zero attached hydrogens (tertiary/aromatic N) is 4. The average Bonchev–Trinajstić information content (AvgIpc) is 3.00. The molecule has 26 heavy (non-hydrogen) atoms. The first-order chi connectivity index (χ1) is 12.3. The van der Waals surface area contributed by atoms with Crippen LogP contribution >= 0.6 is 46.3 Å². The first-order valence-electron chi connectivity index (χ1n) is 7.57. The van der Waals surface area contributed by atoms with Crippen LogP contribution in [0.3, 0.4) is 0 Å².